The normalized spacial score (nSPS) is 23.9. The molecule has 1 amide bonds. The fourth-order valence-corrected chi connectivity index (χ4v) is 4.48. The van der Waals surface area contributed by atoms with Crippen LogP contribution in [0.5, 0.6) is 11.5 Å². The summed E-state index contributed by atoms with van der Waals surface area (Å²) < 4.78 is 51.6. The number of benzene rings is 1. The monoisotopic (exact) mass is 544 g/mol. The van der Waals surface area contributed by atoms with Crippen LogP contribution in [-0.2, 0) is 33.6 Å². The van der Waals surface area contributed by atoms with Gasteiger partial charge in [-0.15, -0.1) is 0 Å². The molecule has 1 saturated heterocycles. The lowest BCUT2D eigenvalue weighted by Crippen LogP contribution is -2.45. The molecule has 1 aromatic rings. The lowest BCUT2D eigenvalue weighted by atomic mass is 10.0. The number of hydrogen-bond donors (Lipinski definition) is 4. The van der Waals surface area contributed by atoms with Crippen LogP contribution < -0.4 is 19.9 Å². The van der Waals surface area contributed by atoms with Crippen molar-refractivity contribution in [2.45, 2.75) is 57.1 Å². The molecule has 206 valence electrons. The standard InChI is InChI=1S/C23H32N2O11S/c1-13(2)9-15(24)23(29)25-37(30,31)35-11-19-22(28)21(27)17(36-19)7-8-32-20(26)6-4-14-3-5-16-18(10-14)34-12-33-16/h3-6,10,13,15,17,19,21-22,27-28H,7-9,11-12,24H2,1-2H3,(H,25,29). The highest BCUT2D eigenvalue weighted by atomic mass is 32.2. The smallest absolute Gasteiger partial charge is 0.362 e. The Morgan fingerprint density at radius 2 is 1.89 bits per heavy atom. The minimum Gasteiger partial charge on any atom is -0.462 e. The third-order valence-corrected chi connectivity index (χ3v) is 6.49. The first kappa shape index (κ1) is 28.8. The lowest BCUT2D eigenvalue weighted by Gasteiger charge is -2.17. The van der Waals surface area contributed by atoms with Crippen molar-refractivity contribution in [2.75, 3.05) is 20.0 Å². The molecule has 2 aliphatic heterocycles. The first-order chi connectivity index (χ1) is 17.4. The summed E-state index contributed by atoms with van der Waals surface area (Å²) >= 11 is 0. The van der Waals surface area contributed by atoms with Gasteiger partial charge in [0.2, 0.25) is 6.79 Å². The Kier molecular flexibility index (Phi) is 9.87. The van der Waals surface area contributed by atoms with Gasteiger partial charge in [-0.3, -0.25) is 8.98 Å². The summed E-state index contributed by atoms with van der Waals surface area (Å²) in [6, 6.07) is 4.14. The van der Waals surface area contributed by atoms with Crippen molar-refractivity contribution >= 4 is 28.3 Å². The van der Waals surface area contributed by atoms with E-state index in [9.17, 15) is 28.2 Å². The molecular formula is C23H32N2O11S. The van der Waals surface area contributed by atoms with Crippen LogP contribution in [0.4, 0.5) is 0 Å². The van der Waals surface area contributed by atoms with Crippen LogP contribution >= 0.6 is 0 Å². The molecule has 5 atom stereocenters. The number of hydrogen-bond acceptors (Lipinski definition) is 12. The van der Waals surface area contributed by atoms with Crippen molar-refractivity contribution in [3.8, 4) is 11.5 Å². The van der Waals surface area contributed by atoms with Crippen molar-refractivity contribution in [1.82, 2.24) is 4.72 Å². The van der Waals surface area contributed by atoms with Crippen LogP contribution in [0, 0.1) is 5.92 Å². The van der Waals surface area contributed by atoms with Crippen LogP contribution in [0.2, 0.25) is 0 Å². The van der Waals surface area contributed by atoms with Gasteiger partial charge in [-0.05, 0) is 36.1 Å². The second kappa shape index (κ2) is 12.7. The van der Waals surface area contributed by atoms with Crippen LogP contribution in [0.15, 0.2) is 24.3 Å². The number of nitrogens with one attached hydrogen (secondary N) is 1. The van der Waals surface area contributed by atoms with Gasteiger partial charge >= 0.3 is 16.3 Å². The van der Waals surface area contributed by atoms with Gasteiger partial charge in [-0.25, -0.2) is 9.52 Å². The molecule has 0 radical (unpaired) electrons. The third kappa shape index (κ3) is 8.38. The first-order valence-electron chi connectivity index (χ1n) is 11.7. The van der Waals surface area contributed by atoms with E-state index in [-0.39, 0.29) is 32.2 Å². The zero-order chi connectivity index (χ0) is 27.2. The number of fused-ring (bicyclic) bond motifs is 1. The highest BCUT2D eigenvalue weighted by molar-refractivity contribution is 7.85. The summed E-state index contributed by atoms with van der Waals surface area (Å²) in [5.74, 6) is -0.286. The van der Waals surface area contributed by atoms with E-state index in [1.54, 1.807) is 22.9 Å². The van der Waals surface area contributed by atoms with Crippen molar-refractivity contribution in [1.29, 1.82) is 0 Å². The van der Waals surface area contributed by atoms with E-state index < -0.39 is 59.2 Å². The number of amides is 1. The number of nitrogens with two attached hydrogens (primary N) is 1. The molecule has 0 bridgehead atoms. The molecular weight excluding hydrogens is 512 g/mol. The second-order valence-electron chi connectivity index (χ2n) is 9.04. The molecule has 5 unspecified atom stereocenters. The van der Waals surface area contributed by atoms with Gasteiger partial charge < -0.3 is 34.9 Å². The summed E-state index contributed by atoms with van der Waals surface area (Å²) in [5, 5.41) is 20.4. The number of ether oxygens (including phenoxy) is 4. The van der Waals surface area contributed by atoms with Crippen LogP contribution in [0.3, 0.4) is 0 Å². The predicted octanol–water partition coefficient (Wildman–Crippen LogP) is -0.398. The Morgan fingerprint density at radius 1 is 1.19 bits per heavy atom. The summed E-state index contributed by atoms with van der Waals surface area (Å²) in [6.07, 6.45) is -1.89. The van der Waals surface area contributed by atoms with E-state index in [4.69, 9.17) is 28.9 Å². The number of esters is 1. The quantitative estimate of drug-likeness (QED) is 0.197. The Balaban J connectivity index is 1.41. The van der Waals surface area contributed by atoms with Gasteiger partial charge in [0.15, 0.2) is 11.5 Å². The summed E-state index contributed by atoms with van der Waals surface area (Å²) in [4.78, 5) is 23.9. The molecule has 0 saturated carbocycles. The molecule has 5 N–H and O–H groups in total. The molecule has 2 heterocycles. The third-order valence-electron chi connectivity index (χ3n) is 5.59. The maximum Gasteiger partial charge on any atom is 0.362 e. The fraction of sp³-hybridized carbons (Fsp3) is 0.565. The highest BCUT2D eigenvalue weighted by Crippen LogP contribution is 2.32. The zero-order valence-electron chi connectivity index (χ0n) is 20.4. The minimum absolute atomic E-state index is 0.0336. The van der Waals surface area contributed by atoms with Gasteiger partial charge in [-0.2, -0.15) is 8.42 Å². The zero-order valence-corrected chi connectivity index (χ0v) is 21.3. The van der Waals surface area contributed by atoms with Gasteiger partial charge in [0.25, 0.3) is 5.91 Å². The Hall–Kier alpha value is -2.75. The molecule has 1 fully saturated rings. The molecule has 1 aromatic carbocycles. The number of carbonyl (C=O) groups excluding carboxylic acids is 2. The molecule has 3 rings (SSSR count). The number of rotatable bonds is 12. The molecule has 37 heavy (non-hydrogen) atoms. The van der Waals surface area contributed by atoms with E-state index in [0.29, 0.717) is 17.1 Å². The first-order valence-corrected chi connectivity index (χ1v) is 13.1. The summed E-state index contributed by atoms with van der Waals surface area (Å²) in [7, 11) is -4.51. The Morgan fingerprint density at radius 3 is 2.62 bits per heavy atom. The average molecular weight is 545 g/mol. The van der Waals surface area contributed by atoms with E-state index in [2.05, 4.69) is 0 Å². The molecule has 13 nitrogen and oxygen atoms in total. The summed E-state index contributed by atoms with van der Waals surface area (Å²) in [6.45, 7) is 3.01. The summed E-state index contributed by atoms with van der Waals surface area (Å²) in [5.41, 5.74) is 6.36. The van der Waals surface area contributed by atoms with Gasteiger partial charge in [0.05, 0.1) is 25.4 Å². The van der Waals surface area contributed by atoms with Gasteiger partial charge in [0.1, 0.15) is 18.3 Å². The largest absolute Gasteiger partial charge is 0.462 e. The predicted molar refractivity (Wildman–Crippen MR) is 128 cm³/mol. The molecule has 0 aliphatic carbocycles. The second-order valence-corrected chi connectivity index (χ2v) is 10.4. The van der Waals surface area contributed by atoms with Crippen molar-refractivity contribution in [3.63, 3.8) is 0 Å². The number of carbonyl (C=O) groups is 2. The number of aliphatic hydroxyl groups is 2. The highest BCUT2D eigenvalue weighted by Gasteiger charge is 2.43. The van der Waals surface area contributed by atoms with Crippen molar-refractivity contribution in [2.24, 2.45) is 11.7 Å². The molecule has 0 spiro atoms. The average Bonchev–Trinajstić information content (AvgIpc) is 3.40. The topological polar surface area (TPSA) is 193 Å². The van der Waals surface area contributed by atoms with Crippen molar-refractivity contribution in [3.05, 3.63) is 29.8 Å². The van der Waals surface area contributed by atoms with Gasteiger partial charge in [0, 0.05) is 12.5 Å². The Labute approximate surface area is 214 Å². The van der Waals surface area contributed by atoms with Gasteiger partial charge in [-0.1, -0.05) is 19.9 Å². The Bertz CT molecular complexity index is 1090. The van der Waals surface area contributed by atoms with E-state index >= 15 is 0 Å². The van der Waals surface area contributed by atoms with Crippen molar-refractivity contribution < 1.29 is 51.4 Å². The lowest BCUT2D eigenvalue weighted by molar-refractivity contribution is -0.139. The fourth-order valence-electron chi connectivity index (χ4n) is 3.71. The molecule has 0 aromatic heterocycles. The van der Waals surface area contributed by atoms with Crippen LogP contribution in [-0.4, -0.2) is 81.0 Å². The molecule has 2 aliphatic rings. The molecule has 14 heteroatoms. The maximum absolute atomic E-state index is 12.0. The maximum atomic E-state index is 12.0. The van der Waals surface area contributed by atoms with Crippen LogP contribution in [0.25, 0.3) is 6.08 Å². The van der Waals surface area contributed by atoms with E-state index in [1.165, 1.54) is 12.2 Å². The number of aliphatic hydroxyl groups excluding tert-OH is 2. The van der Waals surface area contributed by atoms with E-state index in [0.717, 1.165) is 0 Å². The van der Waals surface area contributed by atoms with E-state index in [1.807, 2.05) is 13.8 Å². The van der Waals surface area contributed by atoms with Crippen LogP contribution in [0.1, 0.15) is 32.3 Å². The SMILES string of the molecule is CC(C)CC(N)C(=O)NS(=O)(=O)OCC1OC(CCOC(=O)C=Cc2ccc3c(c2)OCO3)C(O)C1O. The minimum atomic E-state index is -4.51.